The number of nitrogens with zero attached hydrogens (tertiary/aromatic N) is 3. The zero-order chi connectivity index (χ0) is 34.7. The van der Waals surface area contributed by atoms with E-state index in [4.69, 9.17) is 18.9 Å². The third-order valence-corrected chi connectivity index (χ3v) is 8.79. The van der Waals surface area contributed by atoms with Gasteiger partial charge >= 0.3 is 11.7 Å². The number of carbonyl (C=O) groups excluding carboxylic acids is 1. The maximum absolute atomic E-state index is 14.1. The second-order valence-electron chi connectivity index (χ2n) is 10.9. The summed E-state index contributed by atoms with van der Waals surface area (Å²) in [7, 11) is 1.50. The van der Waals surface area contributed by atoms with Gasteiger partial charge in [-0.3, -0.25) is 19.5 Å². The number of hydrogen-bond acceptors (Lipinski definition) is 10. The SMILES string of the molecule is CCOC(=O)C1=C(C)N=c2s/c(=C/c3cc(Br)c(OCc4ccc(F)cc4)c([N+](=O)[O-])c3)c(=O)n2[C@H]1c1ccc(OC(C)C)c(OC)c1. The molecule has 0 fully saturated rings. The van der Waals surface area contributed by atoms with Crippen LogP contribution in [-0.4, -0.2) is 35.3 Å². The molecule has 250 valence electrons. The average Bonchev–Trinajstić information content (AvgIpc) is 3.34. The lowest BCUT2D eigenvalue weighted by Crippen LogP contribution is -2.40. The number of nitro benzene ring substituents is 1. The Morgan fingerprint density at radius 3 is 2.54 bits per heavy atom. The third-order valence-electron chi connectivity index (χ3n) is 7.22. The summed E-state index contributed by atoms with van der Waals surface area (Å²) in [6, 6.07) is 12.8. The van der Waals surface area contributed by atoms with Gasteiger partial charge in [-0.05, 0) is 96.7 Å². The smallest absolute Gasteiger partial charge is 0.338 e. The largest absolute Gasteiger partial charge is 0.493 e. The van der Waals surface area contributed by atoms with Crippen LogP contribution in [0, 0.1) is 15.9 Å². The monoisotopic (exact) mass is 739 g/mol. The molecule has 0 saturated carbocycles. The Balaban J connectivity index is 1.61. The molecule has 48 heavy (non-hydrogen) atoms. The van der Waals surface area contributed by atoms with E-state index < -0.39 is 28.3 Å². The normalized spacial score (nSPS) is 14.4. The van der Waals surface area contributed by atoms with Gasteiger partial charge in [0, 0.05) is 6.07 Å². The van der Waals surface area contributed by atoms with E-state index in [0.29, 0.717) is 38.7 Å². The first kappa shape index (κ1) is 34.5. The van der Waals surface area contributed by atoms with E-state index in [-0.39, 0.29) is 45.3 Å². The molecule has 0 aliphatic carbocycles. The third kappa shape index (κ3) is 7.19. The van der Waals surface area contributed by atoms with Crippen molar-refractivity contribution in [3.63, 3.8) is 0 Å². The number of fused-ring (bicyclic) bond motifs is 1. The summed E-state index contributed by atoms with van der Waals surface area (Å²) in [5, 5.41) is 12.1. The van der Waals surface area contributed by atoms with Crippen LogP contribution in [0.1, 0.15) is 50.4 Å². The van der Waals surface area contributed by atoms with Gasteiger partial charge in [-0.15, -0.1) is 0 Å². The summed E-state index contributed by atoms with van der Waals surface area (Å²) in [5.41, 5.74) is 1.31. The van der Waals surface area contributed by atoms with Crippen LogP contribution in [0.25, 0.3) is 6.08 Å². The standard InChI is InChI=1S/C34H31BrFN3O8S/c1-6-45-33(41)29-19(4)37-34-38(30(29)22-9-12-26(47-18(2)3)27(16-22)44-5)32(40)28(48-34)15-21-13-24(35)31(25(14-21)39(42)43)46-17-20-7-10-23(36)11-8-20/h7-16,18,30H,6,17H2,1-5H3/b28-15+/t30-/m0/s1. The zero-order valence-electron chi connectivity index (χ0n) is 26.6. The maximum atomic E-state index is 14.1. The minimum Gasteiger partial charge on any atom is -0.493 e. The van der Waals surface area contributed by atoms with Crippen molar-refractivity contribution in [2.45, 2.75) is 46.4 Å². The quantitative estimate of drug-likeness (QED) is 0.104. The van der Waals surface area contributed by atoms with Crippen LogP contribution in [0.3, 0.4) is 0 Å². The van der Waals surface area contributed by atoms with E-state index in [0.717, 1.165) is 11.3 Å². The minimum absolute atomic E-state index is 0.0171. The van der Waals surface area contributed by atoms with Crippen LogP contribution in [0.4, 0.5) is 10.1 Å². The fourth-order valence-corrected chi connectivity index (χ4v) is 6.79. The number of ether oxygens (including phenoxy) is 4. The average molecular weight is 741 g/mol. The molecule has 1 aliphatic rings. The molecule has 0 N–H and O–H groups in total. The summed E-state index contributed by atoms with van der Waals surface area (Å²) >= 11 is 4.45. The molecular weight excluding hydrogens is 709 g/mol. The Hall–Kier alpha value is -4.82. The predicted octanol–water partition coefficient (Wildman–Crippen LogP) is 5.98. The summed E-state index contributed by atoms with van der Waals surface area (Å²) in [5.74, 6) is -0.126. The number of hydrogen-bond donors (Lipinski definition) is 0. The van der Waals surface area contributed by atoms with Crippen molar-refractivity contribution in [1.82, 2.24) is 4.57 Å². The van der Waals surface area contributed by atoms with Crippen molar-refractivity contribution in [3.8, 4) is 17.2 Å². The molecule has 0 saturated heterocycles. The number of rotatable bonds is 11. The number of halogens is 2. The van der Waals surface area contributed by atoms with Gasteiger partial charge in [0.1, 0.15) is 12.4 Å². The van der Waals surface area contributed by atoms with Gasteiger partial charge < -0.3 is 18.9 Å². The molecule has 0 unspecified atom stereocenters. The molecule has 14 heteroatoms. The molecule has 5 rings (SSSR count). The molecule has 0 bridgehead atoms. The van der Waals surface area contributed by atoms with E-state index >= 15 is 0 Å². The second kappa shape index (κ2) is 14.5. The van der Waals surface area contributed by atoms with Crippen LogP contribution < -0.4 is 29.1 Å². The lowest BCUT2D eigenvalue weighted by atomic mass is 9.95. The first-order valence-electron chi connectivity index (χ1n) is 14.8. The van der Waals surface area contributed by atoms with Gasteiger partial charge in [0.25, 0.3) is 5.56 Å². The molecule has 1 aliphatic heterocycles. The highest BCUT2D eigenvalue weighted by Gasteiger charge is 2.34. The van der Waals surface area contributed by atoms with E-state index in [2.05, 4.69) is 20.9 Å². The van der Waals surface area contributed by atoms with Gasteiger partial charge in [-0.2, -0.15) is 0 Å². The Kier molecular flexibility index (Phi) is 10.4. The first-order valence-corrected chi connectivity index (χ1v) is 16.4. The number of allylic oxidation sites excluding steroid dienone is 1. The van der Waals surface area contributed by atoms with E-state index in [9.17, 15) is 24.1 Å². The number of nitro groups is 1. The number of esters is 1. The molecule has 1 aromatic heterocycles. The van der Waals surface area contributed by atoms with Gasteiger partial charge in [-0.25, -0.2) is 14.2 Å². The highest BCUT2D eigenvalue weighted by molar-refractivity contribution is 9.10. The van der Waals surface area contributed by atoms with E-state index in [1.165, 1.54) is 48.1 Å². The van der Waals surface area contributed by atoms with Gasteiger partial charge in [0.05, 0.1) is 51.1 Å². The molecule has 3 aromatic carbocycles. The lowest BCUT2D eigenvalue weighted by Gasteiger charge is -2.25. The van der Waals surface area contributed by atoms with Crippen LogP contribution in [0.2, 0.25) is 0 Å². The van der Waals surface area contributed by atoms with Gasteiger partial charge in [0.15, 0.2) is 16.3 Å². The Labute approximate surface area is 286 Å². The van der Waals surface area contributed by atoms with Crippen LogP contribution in [-0.2, 0) is 16.1 Å². The molecule has 4 aromatic rings. The summed E-state index contributed by atoms with van der Waals surface area (Å²) in [6.45, 7) is 7.23. The summed E-state index contributed by atoms with van der Waals surface area (Å²) in [4.78, 5) is 43.8. The second-order valence-corrected chi connectivity index (χ2v) is 12.8. The van der Waals surface area contributed by atoms with Crippen molar-refractivity contribution >= 4 is 45.0 Å². The van der Waals surface area contributed by atoms with Crippen molar-refractivity contribution in [1.29, 1.82) is 0 Å². The number of carbonyl (C=O) groups is 1. The van der Waals surface area contributed by atoms with E-state index in [1.54, 1.807) is 38.1 Å². The molecular formula is C34H31BrFN3O8S. The predicted molar refractivity (Wildman–Crippen MR) is 181 cm³/mol. The van der Waals surface area contributed by atoms with Crippen LogP contribution in [0.15, 0.2) is 80.1 Å². The molecule has 0 spiro atoms. The first-order chi connectivity index (χ1) is 22.9. The van der Waals surface area contributed by atoms with Crippen molar-refractivity contribution in [3.05, 3.63) is 123 Å². The van der Waals surface area contributed by atoms with Gasteiger partial charge in [-0.1, -0.05) is 29.5 Å². The highest BCUT2D eigenvalue weighted by atomic mass is 79.9. The Morgan fingerprint density at radius 2 is 1.90 bits per heavy atom. The number of aromatic nitrogens is 1. The van der Waals surface area contributed by atoms with Crippen molar-refractivity contribution in [2.24, 2.45) is 4.99 Å². The van der Waals surface area contributed by atoms with Crippen LogP contribution >= 0.6 is 27.3 Å². The molecule has 1 atom stereocenters. The highest BCUT2D eigenvalue weighted by Crippen LogP contribution is 2.38. The Bertz CT molecular complexity index is 2110. The van der Waals surface area contributed by atoms with Gasteiger partial charge in [0.2, 0.25) is 5.75 Å². The maximum Gasteiger partial charge on any atom is 0.338 e. The fourth-order valence-electron chi connectivity index (χ4n) is 5.16. The van der Waals surface area contributed by atoms with Crippen LogP contribution in [0.5, 0.6) is 17.2 Å². The number of thiazole rings is 1. The zero-order valence-corrected chi connectivity index (χ0v) is 29.0. The summed E-state index contributed by atoms with van der Waals surface area (Å²) < 4.78 is 37.8. The topological polar surface area (TPSA) is 131 Å². The number of benzene rings is 3. The van der Waals surface area contributed by atoms with Crippen molar-refractivity contribution < 1.29 is 33.1 Å². The van der Waals surface area contributed by atoms with Crippen molar-refractivity contribution in [2.75, 3.05) is 13.7 Å². The molecule has 0 amide bonds. The molecule has 11 nitrogen and oxygen atoms in total. The summed E-state index contributed by atoms with van der Waals surface area (Å²) in [6.07, 6.45) is 1.40. The fraction of sp³-hybridized carbons (Fsp3) is 0.265. The number of methoxy groups -OCH3 is 1. The minimum atomic E-state index is -0.909. The molecule has 0 radical (unpaired) electrons. The molecule has 2 heterocycles. The van der Waals surface area contributed by atoms with E-state index in [1.807, 2.05) is 13.8 Å². The Morgan fingerprint density at radius 1 is 1.17 bits per heavy atom. The lowest BCUT2D eigenvalue weighted by molar-refractivity contribution is -0.386.